The average molecular weight is 291 g/mol. The second-order valence-corrected chi connectivity index (χ2v) is 4.80. The molecule has 2 aromatic rings. The average Bonchev–Trinajstić information content (AvgIpc) is 2.96. The summed E-state index contributed by atoms with van der Waals surface area (Å²) < 4.78 is 18.6. The summed E-state index contributed by atoms with van der Waals surface area (Å²) >= 11 is 0. The highest BCUT2D eigenvalue weighted by atomic mass is 19.1. The molecule has 1 N–H and O–H groups in total. The van der Waals surface area contributed by atoms with Gasteiger partial charge in [-0.1, -0.05) is 6.92 Å². The first-order valence-electron chi connectivity index (χ1n) is 6.84. The molecule has 0 aliphatic rings. The van der Waals surface area contributed by atoms with Crippen LogP contribution >= 0.6 is 0 Å². The van der Waals surface area contributed by atoms with Gasteiger partial charge < -0.3 is 14.4 Å². The van der Waals surface area contributed by atoms with Crippen molar-refractivity contribution in [1.29, 1.82) is 0 Å². The van der Waals surface area contributed by atoms with Crippen LogP contribution in [0.25, 0.3) is 11.3 Å². The van der Waals surface area contributed by atoms with Gasteiger partial charge in [0.2, 0.25) is 6.41 Å². The number of carbonyl (C=O) groups excluding carboxylic acids is 1. The lowest BCUT2D eigenvalue weighted by atomic mass is 10.2. The van der Waals surface area contributed by atoms with E-state index in [4.69, 9.17) is 4.42 Å². The third-order valence-electron chi connectivity index (χ3n) is 3.42. The number of hydrogen-bond acceptors (Lipinski definition) is 3. The van der Waals surface area contributed by atoms with Crippen molar-refractivity contribution in [3.05, 3.63) is 48.0 Å². The number of aliphatic hydroxyl groups excluding tert-OH is 1. The lowest BCUT2D eigenvalue weighted by molar-refractivity contribution is -0.122. The molecule has 5 heteroatoms. The van der Waals surface area contributed by atoms with Gasteiger partial charge in [-0.2, -0.15) is 0 Å². The first kappa shape index (κ1) is 15.3. The maximum atomic E-state index is 12.9. The van der Waals surface area contributed by atoms with Crippen molar-refractivity contribution in [3.8, 4) is 11.3 Å². The zero-order chi connectivity index (χ0) is 15.2. The van der Waals surface area contributed by atoms with E-state index in [1.807, 2.05) is 6.92 Å². The molecule has 4 nitrogen and oxygen atoms in total. The minimum Gasteiger partial charge on any atom is -0.459 e. The Hall–Kier alpha value is -2.14. The van der Waals surface area contributed by atoms with Crippen LogP contribution in [0.15, 0.2) is 40.8 Å². The molecule has 1 aromatic heterocycles. The zero-order valence-corrected chi connectivity index (χ0v) is 11.8. The summed E-state index contributed by atoms with van der Waals surface area (Å²) in [5.41, 5.74) is 0.773. The van der Waals surface area contributed by atoms with E-state index < -0.39 is 0 Å². The maximum Gasteiger partial charge on any atom is 0.210 e. The Labute approximate surface area is 122 Å². The molecular formula is C16H18FNO3. The standard InChI is InChI=1S/C16H18FNO3/c1-2-14(10-19)18(11-20)9-15-7-8-16(21-15)12-3-5-13(17)6-4-12/h3-8,11,14,19H,2,9-10H2,1H3/t14-/m0/s1. The Morgan fingerprint density at radius 3 is 2.57 bits per heavy atom. The monoisotopic (exact) mass is 291 g/mol. The van der Waals surface area contributed by atoms with Crippen molar-refractivity contribution in [2.75, 3.05) is 6.61 Å². The van der Waals surface area contributed by atoms with Gasteiger partial charge in [-0.25, -0.2) is 4.39 Å². The van der Waals surface area contributed by atoms with Gasteiger partial charge in [-0.3, -0.25) is 4.79 Å². The van der Waals surface area contributed by atoms with Crippen LogP contribution in [0.5, 0.6) is 0 Å². The Morgan fingerprint density at radius 1 is 1.29 bits per heavy atom. The third-order valence-corrected chi connectivity index (χ3v) is 3.42. The van der Waals surface area contributed by atoms with Crippen LogP contribution in [0.2, 0.25) is 0 Å². The minimum atomic E-state index is -0.300. The quantitative estimate of drug-likeness (QED) is 0.798. The highest BCUT2D eigenvalue weighted by Crippen LogP contribution is 2.23. The number of furan rings is 1. The number of amides is 1. The zero-order valence-electron chi connectivity index (χ0n) is 11.8. The lowest BCUT2D eigenvalue weighted by Crippen LogP contribution is -2.35. The Kier molecular flexibility index (Phi) is 5.11. The molecule has 112 valence electrons. The molecule has 1 atom stereocenters. The van der Waals surface area contributed by atoms with Gasteiger partial charge in [0.05, 0.1) is 19.2 Å². The van der Waals surface area contributed by atoms with Gasteiger partial charge in [0, 0.05) is 5.56 Å². The van der Waals surface area contributed by atoms with E-state index >= 15 is 0 Å². The van der Waals surface area contributed by atoms with E-state index in [-0.39, 0.29) is 18.5 Å². The molecule has 0 unspecified atom stereocenters. The summed E-state index contributed by atoms with van der Waals surface area (Å²) in [6.45, 7) is 2.12. The first-order chi connectivity index (χ1) is 10.2. The molecule has 0 bridgehead atoms. The van der Waals surface area contributed by atoms with Crippen LogP contribution in [-0.4, -0.2) is 29.1 Å². The minimum absolute atomic E-state index is 0.0826. The molecule has 0 radical (unpaired) electrons. The van der Waals surface area contributed by atoms with Crippen LogP contribution in [0.1, 0.15) is 19.1 Å². The van der Waals surface area contributed by atoms with Gasteiger partial charge in [-0.05, 0) is 42.8 Å². The van der Waals surface area contributed by atoms with E-state index in [1.165, 1.54) is 17.0 Å². The molecule has 0 aliphatic carbocycles. The number of carbonyl (C=O) groups is 1. The molecule has 0 spiro atoms. The van der Waals surface area contributed by atoms with E-state index in [9.17, 15) is 14.3 Å². The highest BCUT2D eigenvalue weighted by molar-refractivity contribution is 5.57. The lowest BCUT2D eigenvalue weighted by Gasteiger charge is -2.24. The number of aliphatic hydroxyl groups is 1. The summed E-state index contributed by atoms with van der Waals surface area (Å²) in [5.74, 6) is 0.938. The van der Waals surface area contributed by atoms with Crippen molar-refractivity contribution in [2.24, 2.45) is 0 Å². The first-order valence-corrected chi connectivity index (χ1v) is 6.84. The summed E-state index contributed by atoms with van der Waals surface area (Å²) in [4.78, 5) is 12.6. The predicted octanol–water partition coefficient (Wildman–Crippen LogP) is 2.82. The fourth-order valence-corrected chi connectivity index (χ4v) is 2.13. The SMILES string of the molecule is CC[C@@H](CO)N(C=O)Cc1ccc(-c2ccc(F)cc2)o1. The molecule has 2 rings (SSSR count). The van der Waals surface area contributed by atoms with Gasteiger partial charge in [-0.15, -0.1) is 0 Å². The molecule has 0 fully saturated rings. The Bertz CT molecular complexity index is 575. The van der Waals surface area contributed by atoms with Crippen LogP contribution in [0.3, 0.4) is 0 Å². The molecule has 1 heterocycles. The molecule has 1 aromatic carbocycles. The van der Waals surface area contributed by atoms with Crippen molar-refractivity contribution >= 4 is 6.41 Å². The van der Waals surface area contributed by atoms with Crippen LogP contribution in [-0.2, 0) is 11.3 Å². The second-order valence-electron chi connectivity index (χ2n) is 4.80. The fraction of sp³-hybridized carbons (Fsp3) is 0.312. The number of hydrogen-bond donors (Lipinski definition) is 1. The van der Waals surface area contributed by atoms with Crippen LogP contribution in [0.4, 0.5) is 4.39 Å². The van der Waals surface area contributed by atoms with Crippen LogP contribution < -0.4 is 0 Å². The summed E-state index contributed by atoms with van der Waals surface area (Å²) in [7, 11) is 0. The molecule has 1 amide bonds. The summed E-state index contributed by atoms with van der Waals surface area (Å²) in [6, 6.07) is 9.35. The second kappa shape index (κ2) is 7.04. The normalized spacial score (nSPS) is 12.1. The smallest absolute Gasteiger partial charge is 0.210 e. The molecule has 0 saturated heterocycles. The summed E-state index contributed by atoms with van der Waals surface area (Å²) in [6.07, 6.45) is 1.38. The van der Waals surface area contributed by atoms with Crippen molar-refractivity contribution in [1.82, 2.24) is 4.90 Å². The van der Waals surface area contributed by atoms with E-state index in [0.717, 1.165) is 5.56 Å². The van der Waals surface area contributed by atoms with E-state index in [0.29, 0.717) is 30.9 Å². The van der Waals surface area contributed by atoms with E-state index in [2.05, 4.69) is 0 Å². The Morgan fingerprint density at radius 2 is 2.00 bits per heavy atom. The van der Waals surface area contributed by atoms with Crippen molar-refractivity contribution in [2.45, 2.75) is 25.9 Å². The number of benzene rings is 1. The third kappa shape index (κ3) is 3.70. The van der Waals surface area contributed by atoms with Gasteiger partial charge in [0.25, 0.3) is 0 Å². The number of rotatable bonds is 7. The van der Waals surface area contributed by atoms with Crippen molar-refractivity contribution < 1.29 is 18.7 Å². The highest BCUT2D eigenvalue weighted by Gasteiger charge is 2.16. The number of nitrogens with zero attached hydrogens (tertiary/aromatic N) is 1. The van der Waals surface area contributed by atoms with Crippen molar-refractivity contribution in [3.63, 3.8) is 0 Å². The van der Waals surface area contributed by atoms with Gasteiger partial charge >= 0.3 is 0 Å². The van der Waals surface area contributed by atoms with Gasteiger partial charge in [0.15, 0.2) is 0 Å². The predicted molar refractivity (Wildman–Crippen MR) is 76.9 cm³/mol. The van der Waals surface area contributed by atoms with E-state index in [1.54, 1.807) is 24.3 Å². The Balaban J connectivity index is 2.12. The molecule has 21 heavy (non-hydrogen) atoms. The molecule has 0 saturated carbocycles. The topological polar surface area (TPSA) is 53.7 Å². The molecular weight excluding hydrogens is 273 g/mol. The summed E-state index contributed by atoms with van der Waals surface area (Å²) in [5, 5.41) is 9.25. The fourth-order valence-electron chi connectivity index (χ4n) is 2.13. The van der Waals surface area contributed by atoms with Gasteiger partial charge in [0.1, 0.15) is 17.3 Å². The van der Waals surface area contributed by atoms with Crippen LogP contribution in [0, 0.1) is 5.82 Å². The largest absolute Gasteiger partial charge is 0.459 e. The maximum absolute atomic E-state index is 12.9. The molecule has 0 aliphatic heterocycles. The number of halogens is 1.